The predicted octanol–water partition coefficient (Wildman–Crippen LogP) is 3.67. The Morgan fingerprint density at radius 1 is 1.39 bits per heavy atom. The molecule has 2 aliphatic rings. The van der Waals surface area contributed by atoms with Crippen LogP contribution < -0.4 is 15.8 Å². The van der Waals surface area contributed by atoms with Crippen LogP contribution in [0.1, 0.15) is 56.5 Å². The number of carbonyl (C=O) groups excluding carboxylic acids is 1. The van der Waals surface area contributed by atoms with E-state index in [0.717, 1.165) is 31.5 Å². The summed E-state index contributed by atoms with van der Waals surface area (Å²) in [5.41, 5.74) is 6.00. The number of β-amino-alcohol motifs (C(OH)–C–C–N with tert-alkyl or cyclic N) is 1. The van der Waals surface area contributed by atoms with Gasteiger partial charge in [0.2, 0.25) is 0 Å². The molecule has 0 aliphatic carbocycles. The first-order valence-electron chi connectivity index (χ1n) is 13.7. The third-order valence-corrected chi connectivity index (χ3v) is 6.61. The van der Waals surface area contributed by atoms with Gasteiger partial charge < -0.3 is 25.3 Å². The number of pyridine rings is 1. The zero-order valence-electron chi connectivity index (χ0n) is 25.1. The van der Waals surface area contributed by atoms with Crippen molar-refractivity contribution in [3.63, 3.8) is 0 Å². The molecule has 41 heavy (non-hydrogen) atoms. The molecule has 4 rings (SSSR count). The molecule has 0 spiro atoms. The van der Waals surface area contributed by atoms with Crippen molar-refractivity contribution in [2.24, 2.45) is 21.3 Å². The topological polar surface area (TPSA) is 135 Å². The van der Waals surface area contributed by atoms with E-state index in [9.17, 15) is 9.18 Å². The largest absolute Gasteiger partial charge is 0.485 e. The number of hydrogen-bond donors (Lipinski definition) is 3. The molecule has 0 saturated carbocycles. The molecule has 1 saturated heterocycles. The number of likely N-dealkylation sites (N-methyl/N-ethyl adjacent to an activating group) is 1. The fourth-order valence-corrected chi connectivity index (χ4v) is 4.40. The number of fused-ring (bicyclic) bond motifs is 1. The highest BCUT2D eigenvalue weighted by Crippen LogP contribution is 2.38. The maximum atomic E-state index is 14.4. The van der Waals surface area contributed by atoms with Gasteiger partial charge in [0.1, 0.15) is 23.5 Å². The number of likely N-dealkylation sites (tertiary alicyclic amines) is 1. The second-order valence-corrected chi connectivity index (χ2v) is 11.3. The number of nitrogens with one attached hydrogen (secondary N) is 1. The Kier molecular flexibility index (Phi) is 13.0. The molecule has 0 radical (unpaired) electrons. The Morgan fingerprint density at radius 3 is 2.66 bits per heavy atom. The van der Waals surface area contributed by atoms with E-state index in [1.807, 2.05) is 40.8 Å². The molecule has 11 heteroatoms. The van der Waals surface area contributed by atoms with Gasteiger partial charge in [0.15, 0.2) is 12.6 Å². The van der Waals surface area contributed by atoms with Crippen LogP contribution in [0.25, 0.3) is 11.3 Å². The van der Waals surface area contributed by atoms with Crippen LogP contribution >= 0.6 is 0 Å². The van der Waals surface area contributed by atoms with E-state index in [0.29, 0.717) is 47.7 Å². The summed E-state index contributed by atoms with van der Waals surface area (Å²) < 4.78 is 20.5. The van der Waals surface area contributed by atoms with Gasteiger partial charge in [-0.1, -0.05) is 32.0 Å². The Balaban J connectivity index is 0.000000561. The molecular weight excluding hydrogens is 527 g/mol. The number of aliphatic imine (C=N–C) groups is 1. The number of hydrogen-bond acceptors (Lipinski definition) is 9. The quantitative estimate of drug-likeness (QED) is 0.109. The lowest BCUT2D eigenvalue weighted by molar-refractivity contribution is 0.0898. The summed E-state index contributed by atoms with van der Waals surface area (Å²) >= 11 is 0. The van der Waals surface area contributed by atoms with Crippen LogP contribution in [0.15, 0.2) is 40.6 Å². The molecule has 1 aromatic heterocycles. The van der Waals surface area contributed by atoms with Gasteiger partial charge in [0, 0.05) is 48.2 Å². The SMILES string of the molecule is C=N/C(=N\OCNCCC1(C)Cc2cc(-c3ccc(C=O)cc3F)ncc2O1)C(C)(C)C.CN.CN1CCC(O)C1. The summed E-state index contributed by atoms with van der Waals surface area (Å²) in [6.07, 6.45) is 4.57. The average Bonchev–Trinajstić information content (AvgIpc) is 3.48. The van der Waals surface area contributed by atoms with Crippen LogP contribution in [0.4, 0.5) is 4.39 Å². The number of nitrogens with zero attached hydrogens (tertiary/aromatic N) is 4. The van der Waals surface area contributed by atoms with Crippen molar-refractivity contribution < 1.29 is 23.9 Å². The van der Waals surface area contributed by atoms with Crippen molar-refractivity contribution in [3.8, 4) is 17.0 Å². The second kappa shape index (κ2) is 15.7. The fourth-order valence-electron chi connectivity index (χ4n) is 4.40. The molecule has 2 atom stereocenters. The van der Waals surface area contributed by atoms with E-state index in [2.05, 4.69) is 37.8 Å². The third kappa shape index (κ3) is 10.3. The van der Waals surface area contributed by atoms with E-state index in [1.165, 1.54) is 13.1 Å². The maximum absolute atomic E-state index is 14.4. The first kappa shape index (κ1) is 34.0. The Labute approximate surface area is 242 Å². The van der Waals surface area contributed by atoms with Crippen molar-refractivity contribution >= 4 is 18.8 Å². The number of nitrogens with two attached hydrogens (primary N) is 1. The third-order valence-electron chi connectivity index (χ3n) is 6.61. The molecule has 4 N–H and O–H groups in total. The average molecular weight is 573 g/mol. The van der Waals surface area contributed by atoms with Gasteiger partial charge >= 0.3 is 0 Å². The molecule has 0 bridgehead atoms. The fraction of sp³-hybridized carbons (Fsp3) is 0.533. The summed E-state index contributed by atoms with van der Waals surface area (Å²) in [7, 11) is 3.52. The van der Waals surface area contributed by atoms with Crippen LogP contribution in [0.2, 0.25) is 0 Å². The number of rotatable bonds is 8. The van der Waals surface area contributed by atoms with Crippen LogP contribution in [0.5, 0.6) is 5.75 Å². The molecule has 3 heterocycles. The molecule has 2 aromatic rings. The van der Waals surface area contributed by atoms with Crippen molar-refractivity contribution in [1.29, 1.82) is 0 Å². The summed E-state index contributed by atoms with van der Waals surface area (Å²) in [5.74, 6) is 0.770. The molecule has 2 unspecified atom stereocenters. The smallest absolute Gasteiger partial charge is 0.172 e. The second-order valence-electron chi connectivity index (χ2n) is 11.3. The molecule has 1 fully saturated rings. The number of ether oxygens (including phenoxy) is 1. The number of benzene rings is 1. The molecule has 10 nitrogen and oxygen atoms in total. The van der Waals surface area contributed by atoms with Crippen molar-refractivity contribution in [2.45, 2.75) is 58.7 Å². The van der Waals surface area contributed by atoms with Crippen molar-refractivity contribution in [3.05, 3.63) is 47.4 Å². The van der Waals surface area contributed by atoms with Gasteiger partial charge in [-0.15, -0.1) is 0 Å². The van der Waals surface area contributed by atoms with Crippen molar-refractivity contribution in [1.82, 2.24) is 15.2 Å². The van der Waals surface area contributed by atoms with Crippen LogP contribution in [-0.2, 0) is 11.3 Å². The van der Waals surface area contributed by atoms with E-state index in [-0.39, 0.29) is 18.2 Å². The highest BCUT2D eigenvalue weighted by molar-refractivity contribution is 5.90. The number of amidine groups is 1. The highest BCUT2D eigenvalue weighted by atomic mass is 19.1. The van der Waals surface area contributed by atoms with Crippen LogP contribution in [0, 0.1) is 11.2 Å². The Morgan fingerprint density at radius 2 is 2.12 bits per heavy atom. The van der Waals surface area contributed by atoms with Gasteiger partial charge in [-0.2, -0.15) is 0 Å². The minimum atomic E-state index is -0.475. The number of aldehydes is 1. The predicted molar refractivity (Wildman–Crippen MR) is 161 cm³/mol. The van der Waals surface area contributed by atoms with E-state index in [4.69, 9.17) is 14.7 Å². The first-order chi connectivity index (χ1) is 19.4. The highest BCUT2D eigenvalue weighted by Gasteiger charge is 2.35. The van der Waals surface area contributed by atoms with E-state index >= 15 is 0 Å². The molecule has 2 aliphatic heterocycles. The Bertz CT molecular complexity index is 1180. The zero-order valence-corrected chi connectivity index (χ0v) is 25.1. The summed E-state index contributed by atoms with van der Waals surface area (Å²) in [6, 6.07) is 6.21. The van der Waals surface area contributed by atoms with Crippen molar-refractivity contribution in [2.75, 3.05) is 40.5 Å². The monoisotopic (exact) mass is 572 g/mol. The lowest BCUT2D eigenvalue weighted by atomic mass is 9.95. The number of aromatic nitrogens is 1. The summed E-state index contributed by atoms with van der Waals surface area (Å²) in [6.45, 7) is 14.4. The van der Waals surface area contributed by atoms with Gasteiger partial charge in [-0.3, -0.25) is 15.1 Å². The number of carbonyl (C=O) groups is 1. The number of aliphatic hydroxyl groups is 1. The van der Waals surface area contributed by atoms with Crippen LogP contribution in [0.3, 0.4) is 0 Å². The lowest BCUT2D eigenvalue weighted by Crippen LogP contribution is -2.35. The van der Waals surface area contributed by atoms with Gasteiger partial charge in [-0.25, -0.2) is 9.38 Å². The first-order valence-corrected chi connectivity index (χ1v) is 13.7. The lowest BCUT2D eigenvalue weighted by Gasteiger charge is -2.23. The normalized spacial score (nSPS) is 20.1. The number of halogens is 1. The zero-order chi connectivity index (χ0) is 30.6. The van der Waals surface area contributed by atoms with Gasteiger partial charge in [-0.05, 0) is 58.8 Å². The molecule has 226 valence electrons. The number of oxime groups is 1. The van der Waals surface area contributed by atoms with E-state index < -0.39 is 11.4 Å². The minimum Gasteiger partial charge on any atom is -0.485 e. The minimum absolute atomic E-state index is 0.0509. The standard InChI is InChI=1S/C24H29FN4O3.C5H11NO.CH5N/c1-23(2,3)22(26-5)29-31-15-27-9-8-24(4)12-17-11-20(28-13-21(17)32-24)18-7-6-16(14-30)10-19(18)25;1-6-3-2-5(7)4-6;1-2/h6-7,10-11,13-14,27H,5,8-9,12,15H2,1-4H3;5,7H,2-4H2,1H3;2H2,1H3/b29-22-;;. The van der Waals surface area contributed by atoms with Gasteiger partial charge in [0.05, 0.1) is 18.0 Å². The molecule has 0 amide bonds. The van der Waals surface area contributed by atoms with E-state index in [1.54, 1.807) is 18.3 Å². The molecule has 1 aromatic carbocycles. The summed E-state index contributed by atoms with van der Waals surface area (Å²) in [4.78, 5) is 26.5. The van der Waals surface area contributed by atoms with Gasteiger partial charge in [0.25, 0.3) is 0 Å². The summed E-state index contributed by atoms with van der Waals surface area (Å²) in [5, 5.41) is 16.1. The maximum Gasteiger partial charge on any atom is 0.172 e. The Hall–Kier alpha value is -3.25. The number of aliphatic hydroxyl groups excluding tert-OH is 1. The van der Waals surface area contributed by atoms with Crippen LogP contribution in [-0.4, -0.2) is 86.0 Å². The molecular formula is C30H45FN6O4.